The fraction of sp³-hybridized carbons (Fsp3) is 0.143. The minimum absolute atomic E-state index is 0.701. The molecule has 0 amide bonds. The molecule has 2 rings (SSSR count). The maximum Gasteiger partial charge on any atom is 0.112 e. The summed E-state index contributed by atoms with van der Waals surface area (Å²) in [4.78, 5) is 4.76. The summed E-state index contributed by atoms with van der Waals surface area (Å²) in [5.74, 6) is 0. The lowest BCUT2D eigenvalue weighted by molar-refractivity contribution is 1.31. The second-order valence-electron chi connectivity index (χ2n) is 3.94. The van der Waals surface area contributed by atoms with Crippen molar-refractivity contribution < 1.29 is 0 Å². The Hall–Kier alpha value is -1.74. The molecular formula is C14H14N2S. The number of hydrogen-bond acceptors (Lipinski definition) is 2. The van der Waals surface area contributed by atoms with Crippen molar-refractivity contribution in [3.8, 4) is 0 Å². The summed E-state index contributed by atoms with van der Waals surface area (Å²) in [6.45, 7) is 4.18. The van der Waals surface area contributed by atoms with Crippen LogP contribution >= 0.6 is 12.2 Å². The van der Waals surface area contributed by atoms with E-state index < -0.39 is 0 Å². The van der Waals surface area contributed by atoms with Crippen LogP contribution in [0.5, 0.6) is 0 Å². The molecule has 0 atom stereocenters. The molecule has 3 heteroatoms. The third-order valence-electron chi connectivity index (χ3n) is 2.78. The molecule has 0 radical (unpaired) electrons. The molecule has 0 fully saturated rings. The zero-order valence-electron chi connectivity index (χ0n) is 9.90. The summed E-state index contributed by atoms with van der Waals surface area (Å²) >= 11 is 5.35. The first-order chi connectivity index (χ1) is 8.18. The van der Waals surface area contributed by atoms with Crippen LogP contribution < -0.4 is 5.32 Å². The summed E-state index contributed by atoms with van der Waals surface area (Å²) in [7, 11) is 0. The predicted octanol–water partition coefficient (Wildman–Crippen LogP) is 3.49. The molecule has 0 saturated heterocycles. The Morgan fingerprint density at radius 3 is 2.71 bits per heavy atom. The van der Waals surface area contributed by atoms with Crippen LogP contribution in [-0.4, -0.2) is 9.97 Å². The van der Waals surface area contributed by atoms with Crippen molar-refractivity contribution >= 4 is 22.9 Å². The van der Waals surface area contributed by atoms with Crippen molar-refractivity contribution in [3.63, 3.8) is 0 Å². The molecule has 1 heterocycles. The standard InChI is InChI=1S/C14H14N2S/c1-10-5-3-7-13(11(10)2)16-14(17)12-6-4-8-15-9-12/h3-9H,1-2H3,(H,16,17). The highest BCUT2D eigenvalue weighted by molar-refractivity contribution is 7.81. The van der Waals surface area contributed by atoms with Crippen LogP contribution in [0.1, 0.15) is 16.7 Å². The normalized spacial score (nSPS) is 10.0. The van der Waals surface area contributed by atoms with Crippen molar-refractivity contribution in [1.29, 1.82) is 0 Å². The Morgan fingerprint density at radius 2 is 2.00 bits per heavy atom. The lowest BCUT2D eigenvalue weighted by Crippen LogP contribution is -2.11. The molecule has 1 N–H and O–H groups in total. The molecular weight excluding hydrogens is 228 g/mol. The van der Waals surface area contributed by atoms with Crippen LogP contribution in [0, 0.1) is 13.8 Å². The molecule has 0 aliphatic heterocycles. The largest absolute Gasteiger partial charge is 0.346 e. The molecule has 2 aromatic rings. The van der Waals surface area contributed by atoms with Crippen molar-refractivity contribution in [3.05, 3.63) is 59.4 Å². The molecule has 0 aliphatic carbocycles. The quantitative estimate of drug-likeness (QED) is 0.816. The lowest BCUT2D eigenvalue weighted by atomic mass is 10.1. The highest BCUT2D eigenvalue weighted by Crippen LogP contribution is 2.18. The van der Waals surface area contributed by atoms with E-state index in [1.807, 2.05) is 24.3 Å². The van der Waals surface area contributed by atoms with Crippen LogP contribution in [0.2, 0.25) is 0 Å². The van der Waals surface area contributed by atoms with Gasteiger partial charge in [-0.15, -0.1) is 0 Å². The predicted molar refractivity (Wildman–Crippen MR) is 75.5 cm³/mol. The van der Waals surface area contributed by atoms with E-state index in [1.165, 1.54) is 11.1 Å². The number of anilines is 1. The second-order valence-corrected chi connectivity index (χ2v) is 4.35. The maximum atomic E-state index is 5.35. The van der Waals surface area contributed by atoms with E-state index in [-0.39, 0.29) is 0 Å². The molecule has 17 heavy (non-hydrogen) atoms. The van der Waals surface area contributed by atoms with Crippen molar-refractivity contribution in [2.45, 2.75) is 13.8 Å². The number of thiocarbonyl (C=S) groups is 1. The van der Waals surface area contributed by atoms with Gasteiger partial charge < -0.3 is 5.32 Å². The summed E-state index contributed by atoms with van der Waals surface area (Å²) < 4.78 is 0. The molecule has 86 valence electrons. The van der Waals surface area contributed by atoms with Gasteiger partial charge in [-0.3, -0.25) is 4.98 Å². The van der Waals surface area contributed by atoms with Gasteiger partial charge >= 0.3 is 0 Å². The van der Waals surface area contributed by atoms with E-state index in [0.29, 0.717) is 4.99 Å². The number of aromatic nitrogens is 1. The van der Waals surface area contributed by atoms with Crippen molar-refractivity contribution in [2.24, 2.45) is 0 Å². The van der Waals surface area contributed by atoms with E-state index in [0.717, 1.165) is 11.3 Å². The van der Waals surface area contributed by atoms with E-state index in [1.54, 1.807) is 12.4 Å². The number of benzene rings is 1. The van der Waals surface area contributed by atoms with Gasteiger partial charge in [-0.05, 0) is 43.2 Å². The van der Waals surface area contributed by atoms with Crippen LogP contribution in [0.25, 0.3) is 0 Å². The van der Waals surface area contributed by atoms with Crippen LogP contribution in [0.15, 0.2) is 42.7 Å². The number of pyridine rings is 1. The summed E-state index contributed by atoms with van der Waals surface area (Å²) in [5, 5.41) is 3.26. The minimum Gasteiger partial charge on any atom is -0.346 e. The number of nitrogens with zero attached hydrogens (tertiary/aromatic N) is 1. The number of rotatable bonds is 2. The molecule has 1 aromatic heterocycles. The van der Waals surface area contributed by atoms with Gasteiger partial charge in [-0.2, -0.15) is 0 Å². The molecule has 0 saturated carbocycles. The third-order valence-corrected chi connectivity index (χ3v) is 3.11. The summed E-state index contributed by atoms with van der Waals surface area (Å²) in [6, 6.07) is 9.98. The van der Waals surface area contributed by atoms with E-state index in [2.05, 4.69) is 30.2 Å². The highest BCUT2D eigenvalue weighted by atomic mass is 32.1. The monoisotopic (exact) mass is 242 g/mol. The average Bonchev–Trinajstić information content (AvgIpc) is 2.36. The van der Waals surface area contributed by atoms with Gasteiger partial charge in [0.2, 0.25) is 0 Å². The van der Waals surface area contributed by atoms with Gasteiger partial charge in [0.05, 0.1) is 0 Å². The van der Waals surface area contributed by atoms with Crippen LogP contribution in [-0.2, 0) is 0 Å². The van der Waals surface area contributed by atoms with Gasteiger partial charge in [-0.25, -0.2) is 0 Å². The zero-order valence-corrected chi connectivity index (χ0v) is 10.7. The fourth-order valence-corrected chi connectivity index (χ4v) is 1.81. The van der Waals surface area contributed by atoms with E-state index >= 15 is 0 Å². The summed E-state index contributed by atoms with van der Waals surface area (Å²) in [5.41, 5.74) is 4.46. The van der Waals surface area contributed by atoms with Crippen LogP contribution in [0.3, 0.4) is 0 Å². The SMILES string of the molecule is Cc1cccc(NC(=S)c2cccnc2)c1C. The first kappa shape index (κ1) is 11.7. The highest BCUT2D eigenvalue weighted by Gasteiger charge is 2.04. The van der Waals surface area contributed by atoms with Gasteiger partial charge in [0.1, 0.15) is 4.99 Å². The first-order valence-corrected chi connectivity index (χ1v) is 5.87. The molecule has 0 spiro atoms. The van der Waals surface area contributed by atoms with Gasteiger partial charge in [0, 0.05) is 23.6 Å². The number of aryl methyl sites for hydroxylation is 1. The van der Waals surface area contributed by atoms with E-state index in [9.17, 15) is 0 Å². The summed E-state index contributed by atoms with van der Waals surface area (Å²) in [6.07, 6.45) is 3.50. The smallest absolute Gasteiger partial charge is 0.112 e. The Labute approximate surface area is 107 Å². The number of nitrogens with one attached hydrogen (secondary N) is 1. The van der Waals surface area contributed by atoms with Gasteiger partial charge in [0.25, 0.3) is 0 Å². The van der Waals surface area contributed by atoms with E-state index in [4.69, 9.17) is 12.2 Å². The second kappa shape index (κ2) is 5.06. The molecule has 0 aliphatic rings. The Morgan fingerprint density at radius 1 is 1.18 bits per heavy atom. The first-order valence-electron chi connectivity index (χ1n) is 5.46. The van der Waals surface area contributed by atoms with Gasteiger partial charge in [-0.1, -0.05) is 24.4 Å². The molecule has 1 aromatic carbocycles. The molecule has 0 bridgehead atoms. The minimum atomic E-state index is 0.701. The fourth-order valence-electron chi connectivity index (χ4n) is 1.58. The third kappa shape index (κ3) is 2.68. The maximum absolute atomic E-state index is 5.35. The number of hydrogen-bond donors (Lipinski definition) is 1. The lowest BCUT2D eigenvalue weighted by Gasteiger charge is -2.12. The topological polar surface area (TPSA) is 24.9 Å². The molecule has 2 nitrogen and oxygen atoms in total. The van der Waals surface area contributed by atoms with Crippen LogP contribution in [0.4, 0.5) is 5.69 Å². The zero-order chi connectivity index (χ0) is 12.3. The Bertz CT molecular complexity index is 535. The Balaban J connectivity index is 2.22. The van der Waals surface area contributed by atoms with Crippen molar-refractivity contribution in [2.75, 3.05) is 5.32 Å². The molecule has 0 unspecified atom stereocenters. The average molecular weight is 242 g/mol. The van der Waals surface area contributed by atoms with Gasteiger partial charge in [0.15, 0.2) is 0 Å². The Kier molecular flexibility index (Phi) is 3.49. The van der Waals surface area contributed by atoms with Crippen molar-refractivity contribution in [1.82, 2.24) is 4.98 Å².